The number of esters is 5. The van der Waals surface area contributed by atoms with Gasteiger partial charge in [-0.15, -0.1) is 0 Å². The number of epoxide rings is 1. The standard InChI is InChI=1S/C36H46O14/c1-12-10-19-35(8,36(9,44)32(43)50-19)24-21(12)34(7)22(26(24)42)20-23(29(46-14(3)38)31(34)48-16(5)40)33(6)17(25(41)28(20)45-13(2)37)11-18-27(49-18)30(33)47-15(4)39/h10,12,17-18,20-24,26-31,42,44H,11H2,1-9H3/t12-,17-,18+,20+,21+,22+,23-,24+,26-,27+,28-,29+,30+,31+,33+,34-,35+,36-/m1/s1. The highest BCUT2D eigenvalue weighted by atomic mass is 16.6. The number of ketones is 1. The summed E-state index contributed by atoms with van der Waals surface area (Å²) in [6.45, 7) is 13.2. The van der Waals surface area contributed by atoms with Crippen LogP contribution in [0.5, 0.6) is 0 Å². The number of hydrogen-bond acceptors (Lipinski definition) is 14. The van der Waals surface area contributed by atoms with Crippen LogP contribution in [0.25, 0.3) is 0 Å². The second-order valence-corrected chi connectivity index (χ2v) is 16.5. The molecule has 5 aliphatic carbocycles. The van der Waals surface area contributed by atoms with Crippen LogP contribution < -0.4 is 0 Å². The van der Waals surface area contributed by atoms with E-state index in [4.69, 9.17) is 28.4 Å². The number of allylic oxidation sites excluding steroid dienone is 1. The largest absolute Gasteiger partial charge is 0.459 e. The maximum absolute atomic E-state index is 14.8. The zero-order valence-corrected chi connectivity index (χ0v) is 29.7. The van der Waals surface area contributed by atoms with E-state index in [1.807, 2.05) is 6.92 Å². The Balaban J connectivity index is 1.53. The molecule has 2 saturated heterocycles. The lowest BCUT2D eigenvalue weighted by molar-refractivity contribution is -0.273. The van der Waals surface area contributed by atoms with E-state index in [-0.39, 0.29) is 12.2 Å². The quantitative estimate of drug-likeness (QED) is 0.242. The summed E-state index contributed by atoms with van der Waals surface area (Å²) < 4.78 is 35.9. The van der Waals surface area contributed by atoms with Crippen molar-refractivity contribution in [1.29, 1.82) is 0 Å². The molecule has 50 heavy (non-hydrogen) atoms. The van der Waals surface area contributed by atoms with Crippen molar-refractivity contribution in [2.24, 2.45) is 57.7 Å². The second-order valence-electron chi connectivity index (χ2n) is 16.5. The van der Waals surface area contributed by atoms with Crippen LogP contribution in [0.15, 0.2) is 11.8 Å². The molecule has 0 radical (unpaired) electrons. The molecule has 0 spiro atoms. The third-order valence-corrected chi connectivity index (χ3v) is 14.0. The van der Waals surface area contributed by atoms with Gasteiger partial charge in [0, 0.05) is 68.1 Å². The molecule has 7 aliphatic rings. The summed E-state index contributed by atoms with van der Waals surface area (Å²) >= 11 is 0. The van der Waals surface area contributed by atoms with Gasteiger partial charge in [-0.2, -0.15) is 0 Å². The molecule has 0 unspecified atom stereocenters. The highest BCUT2D eigenvalue weighted by molar-refractivity contribution is 5.90. The van der Waals surface area contributed by atoms with E-state index < -0.39 is 142 Å². The van der Waals surface area contributed by atoms with Gasteiger partial charge in [0.1, 0.15) is 30.2 Å². The fourth-order valence-electron chi connectivity index (χ4n) is 12.2. The van der Waals surface area contributed by atoms with E-state index >= 15 is 0 Å². The first-order chi connectivity index (χ1) is 23.1. The fourth-order valence-corrected chi connectivity index (χ4v) is 12.2. The van der Waals surface area contributed by atoms with Crippen molar-refractivity contribution < 1.29 is 67.4 Å². The maximum Gasteiger partial charge on any atom is 0.343 e. The van der Waals surface area contributed by atoms with Crippen LogP contribution >= 0.6 is 0 Å². The van der Waals surface area contributed by atoms with Gasteiger partial charge in [-0.3, -0.25) is 24.0 Å². The summed E-state index contributed by atoms with van der Waals surface area (Å²) in [5.41, 5.74) is -6.22. The van der Waals surface area contributed by atoms with E-state index in [1.165, 1.54) is 34.6 Å². The molecule has 4 saturated carbocycles. The van der Waals surface area contributed by atoms with Crippen molar-refractivity contribution >= 4 is 35.6 Å². The van der Waals surface area contributed by atoms with E-state index in [1.54, 1.807) is 26.8 Å². The van der Waals surface area contributed by atoms with Gasteiger partial charge in [-0.05, 0) is 38.2 Å². The van der Waals surface area contributed by atoms with Gasteiger partial charge in [0.2, 0.25) is 0 Å². The van der Waals surface area contributed by atoms with E-state index in [0.717, 1.165) is 0 Å². The third-order valence-electron chi connectivity index (χ3n) is 14.0. The molecular weight excluding hydrogens is 656 g/mol. The average Bonchev–Trinajstić information content (AvgIpc) is 3.68. The molecule has 2 heterocycles. The highest BCUT2D eigenvalue weighted by Gasteiger charge is 2.83. The Morgan fingerprint density at radius 2 is 1.38 bits per heavy atom. The Morgan fingerprint density at radius 1 is 0.800 bits per heavy atom. The minimum Gasteiger partial charge on any atom is -0.459 e. The molecule has 0 aromatic rings. The Kier molecular flexibility index (Phi) is 7.59. The Hall–Kier alpha value is -3.36. The fraction of sp³-hybridized carbons (Fsp3) is 0.778. The number of fused-ring (bicyclic) bond motifs is 10. The number of aliphatic hydroxyl groups excluding tert-OH is 1. The van der Waals surface area contributed by atoms with E-state index in [0.29, 0.717) is 0 Å². The number of carbonyl (C=O) groups excluding carboxylic acids is 6. The summed E-state index contributed by atoms with van der Waals surface area (Å²) in [4.78, 5) is 79.7. The molecule has 0 bridgehead atoms. The van der Waals surface area contributed by atoms with Crippen LogP contribution in [-0.4, -0.2) is 94.2 Å². The number of Topliss-reactive ketones (excluding diaryl/α,β-unsaturated/α-hetero) is 1. The van der Waals surface area contributed by atoms with Crippen LogP contribution in [-0.2, 0) is 57.2 Å². The number of hydrogen-bond donors (Lipinski definition) is 2. The van der Waals surface area contributed by atoms with Crippen molar-refractivity contribution in [1.82, 2.24) is 0 Å². The van der Waals surface area contributed by atoms with Crippen LogP contribution in [0.1, 0.15) is 68.7 Å². The van der Waals surface area contributed by atoms with E-state index in [9.17, 15) is 39.0 Å². The molecule has 6 fully saturated rings. The average molecular weight is 703 g/mol. The van der Waals surface area contributed by atoms with Gasteiger partial charge in [0.25, 0.3) is 0 Å². The van der Waals surface area contributed by atoms with Crippen LogP contribution in [0.4, 0.5) is 0 Å². The van der Waals surface area contributed by atoms with Gasteiger partial charge in [-0.1, -0.05) is 20.8 Å². The maximum atomic E-state index is 14.8. The molecular formula is C36H46O14. The first kappa shape index (κ1) is 35.1. The summed E-state index contributed by atoms with van der Waals surface area (Å²) in [6.07, 6.45) is -5.43. The van der Waals surface area contributed by atoms with Crippen molar-refractivity contribution in [2.75, 3.05) is 0 Å². The summed E-state index contributed by atoms with van der Waals surface area (Å²) in [5.74, 6) is -9.97. The van der Waals surface area contributed by atoms with Crippen molar-refractivity contribution in [2.45, 2.75) is 117 Å². The molecule has 7 rings (SSSR count). The zero-order chi connectivity index (χ0) is 36.8. The Bertz CT molecular complexity index is 1620. The highest BCUT2D eigenvalue weighted by Crippen LogP contribution is 2.75. The predicted octanol–water partition coefficient (Wildman–Crippen LogP) is 1.41. The molecule has 2 N–H and O–H groups in total. The predicted molar refractivity (Wildman–Crippen MR) is 166 cm³/mol. The van der Waals surface area contributed by atoms with Crippen LogP contribution in [0, 0.1) is 57.7 Å². The Labute approximate surface area is 289 Å². The van der Waals surface area contributed by atoms with Crippen LogP contribution in [0.2, 0.25) is 0 Å². The lowest BCUT2D eigenvalue weighted by atomic mass is 9.41. The molecule has 274 valence electrons. The summed E-state index contributed by atoms with van der Waals surface area (Å²) in [6, 6.07) is 0. The normalized spacial score (nSPS) is 52.3. The number of rotatable bonds is 4. The van der Waals surface area contributed by atoms with Crippen molar-refractivity contribution in [3.05, 3.63) is 11.8 Å². The summed E-state index contributed by atoms with van der Waals surface area (Å²) in [5, 5.41) is 24.7. The molecule has 0 aromatic carbocycles. The van der Waals surface area contributed by atoms with Crippen molar-refractivity contribution in [3.63, 3.8) is 0 Å². The first-order valence-electron chi connectivity index (χ1n) is 17.4. The van der Waals surface area contributed by atoms with Gasteiger partial charge >= 0.3 is 29.8 Å². The topological polar surface area (TPSA) is 202 Å². The Morgan fingerprint density at radius 3 is 1.96 bits per heavy atom. The molecule has 14 nitrogen and oxygen atoms in total. The second kappa shape index (κ2) is 10.8. The minimum atomic E-state index is -2.09. The monoisotopic (exact) mass is 702 g/mol. The molecule has 18 atom stereocenters. The van der Waals surface area contributed by atoms with Gasteiger partial charge in [0.15, 0.2) is 17.5 Å². The smallest absolute Gasteiger partial charge is 0.343 e. The van der Waals surface area contributed by atoms with Gasteiger partial charge in [-0.25, -0.2) is 4.79 Å². The van der Waals surface area contributed by atoms with Crippen molar-refractivity contribution in [3.8, 4) is 0 Å². The van der Waals surface area contributed by atoms with Gasteiger partial charge in [0.05, 0.1) is 17.6 Å². The SMILES string of the molecule is CC(=O)O[C@H]1[C@H]2[C@H]([C@H]3[C@@H](O)[C@@H]4[C@H]([C@H](C)C=C5OC(=O)[C@@](C)(O)[C@@]54C)[C@@]3(C)[C@H]1OC(C)=O)[C@@H](OC(C)=O)C(=O)[C@H]1C[C@@H]3O[C@@H]3[C@H](OC(C)=O)[C@]21C. The number of carbonyl (C=O) groups is 6. The third kappa shape index (κ3) is 4.24. The lowest BCUT2D eigenvalue weighted by Crippen LogP contribution is -2.75. The van der Waals surface area contributed by atoms with Gasteiger partial charge < -0.3 is 38.6 Å². The number of aliphatic hydroxyl groups is 2. The summed E-state index contributed by atoms with van der Waals surface area (Å²) in [7, 11) is 0. The zero-order valence-electron chi connectivity index (χ0n) is 29.7. The molecule has 0 amide bonds. The minimum absolute atomic E-state index is 0.196. The molecule has 0 aromatic heterocycles. The molecule has 14 heteroatoms. The number of ether oxygens (including phenoxy) is 6. The molecule has 2 aliphatic heterocycles. The van der Waals surface area contributed by atoms with Crippen LogP contribution in [0.3, 0.4) is 0 Å². The lowest BCUT2D eigenvalue weighted by Gasteiger charge is -2.65. The van der Waals surface area contributed by atoms with E-state index in [2.05, 4.69) is 0 Å². The first-order valence-corrected chi connectivity index (χ1v) is 17.4.